The van der Waals surface area contributed by atoms with Crippen molar-refractivity contribution < 1.29 is 4.79 Å². The quantitative estimate of drug-likeness (QED) is 0.610. The van der Waals surface area contributed by atoms with E-state index >= 15 is 0 Å². The van der Waals surface area contributed by atoms with E-state index in [2.05, 4.69) is 35.4 Å². The molecule has 0 unspecified atom stereocenters. The summed E-state index contributed by atoms with van der Waals surface area (Å²) >= 11 is 0. The molecule has 4 nitrogen and oxygen atoms in total. The topological polar surface area (TPSA) is 74.0 Å². The number of aryl methyl sites for hydroxylation is 1. The highest BCUT2D eigenvalue weighted by atomic mass is 16.2. The van der Waals surface area contributed by atoms with Crippen LogP contribution in [0.1, 0.15) is 6.92 Å². The van der Waals surface area contributed by atoms with Crippen molar-refractivity contribution in [3.63, 3.8) is 0 Å². The Hall–Kier alpha value is -1.45. The number of carbonyl (C=O) groups is 1. The average molecular weight is 155 g/mol. The number of primary amides is 2. The fourth-order valence-corrected chi connectivity index (χ4v) is 0.581. The zero-order valence-electron chi connectivity index (χ0n) is 6.53. The Labute approximate surface area is 65.8 Å². The lowest BCUT2D eigenvalue weighted by molar-refractivity contribution is 0.256. The van der Waals surface area contributed by atoms with Gasteiger partial charge in [0.05, 0.1) is 0 Å². The molecule has 0 radical (unpaired) electrons. The van der Waals surface area contributed by atoms with Gasteiger partial charge in [-0.3, -0.25) is 0 Å². The van der Waals surface area contributed by atoms with Crippen molar-refractivity contribution in [1.82, 2.24) is 4.57 Å². The number of nitrogens with two attached hydrogens (primary N) is 2. The largest absolute Gasteiger partial charge is 0.355 e. The predicted octanol–water partition coefficient (Wildman–Crippen LogP) is 0.532. The number of hydrogen-bond acceptors (Lipinski definition) is 1. The van der Waals surface area contributed by atoms with Crippen molar-refractivity contribution in [2.75, 3.05) is 0 Å². The van der Waals surface area contributed by atoms with Crippen LogP contribution < -0.4 is 11.5 Å². The first-order valence-electron chi connectivity index (χ1n) is 3.32. The normalized spacial score (nSPS) is 8.09. The maximum absolute atomic E-state index is 9.00. The molecule has 1 heterocycles. The fraction of sp³-hybridized carbons (Fsp3) is 0.286. The number of hydrogen-bond donors (Lipinski definition) is 2. The van der Waals surface area contributed by atoms with Crippen molar-refractivity contribution >= 4 is 6.03 Å². The van der Waals surface area contributed by atoms with E-state index in [1.54, 1.807) is 0 Å². The minimum Gasteiger partial charge on any atom is -0.355 e. The van der Waals surface area contributed by atoms with Crippen molar-refractivity contribution in [3.05, 3.63) is 24.5 Å². The van der Waals surface area contributed by atoms with Gasteiger partial charge in [0.15, 0.2) is 0 Å². The monoisotopic (exact) mass is 155 g/mol. The summed E-state index contributed by atoms with van der Waals surface area (Å²) in [7, 11) is 0. The molecule has 1 rings (SSSR count). The van der Waals surface area contributed by atoms with Gasteiger partial charge < -0.3 is 16.0 Å². The van der Waals surface area contributed by atoms with Crippen LogP contribution in [0.4, 0.5) is 4.79 Å². The van der Waals surface area contributed by atoms with E-state index in [0.717, 1.165) is 6.54 Å². The number of aromatic nitrogens is 1. The summed E-state index contributed by atoms with van der Waals surface area (Å²) in [6.45, 7) is 3.20. The minimum atomic E-state index is -0.833. The molecular weight excluding hydrogens is 142 g/mol. The first kappa shape index (κ1) is 9.55. The molecule has 0 aliphatic rings. The number of nitrogens with zero attached hydrogens (tertiary/aromatic N) is 1. The van der Waals surface area contributed by atoms with Crippen molar-refractivity contribution in [2.24, 2.45) is 11.5 Å². The van der Waals surface area contributed by atoms with Gasteiger partial charge in [0.1, 0.15) is 0 Å². The molecule has 4 N–H and O–H groups in total. The Morgan fingerprint density at radius 2 is 1.73 bits per heavy atom. The van der Waals surface area contributed by atoms with Gasteiger partial charge in [-0.1, -0.05) is 0 Å². The van der Waals surface area contributed by atoms with Crippen LogP contribution in [0.25, 0.3) is 0 Å². The number of urea groups is 1. The van der Waals surface area contributed by atoms with Crippen LogP contribution in [-0.2, 0) is 6.54 Å². The molecule has 0 spiro atoms. The van der Waals surface area contributed by atoms with Crippen LogP contribution in [0.3, 0.4) is 0 Å². The lowest BCUT2D eigenvalue weighted by Crippen LogP contribution is -2.18. The molecular formula is C7H13N3O. The third-order valence-corrected chi connectivity index (χ3v) is 1.03. The molecule has 0 atom stereocenters. The highest BCUT2D eigenvalue weighted by Crippen LogP contribution is 1.86. The minimum absolute atomic E-state index is 0.833. The molecule has 62 valence electrons. The Morgan fingerprint density at radius 3 is 1.91 bits per heavy atom. The van der Waals surface area contributed by atoms with Crippen LogP contribution in [-0.4, -0.2) is 10.6 Å². The van der Waals surface area contributed by atoms with Gasteiger partial charge in [-0.25, -0.2) is 4.79 Å². The summed E-state index contributed by atoms with van der Waals surface area (Å²) in [5, 5.41) is 0. The summed E-state index contributed by atoms with van der Waals surface area (Å²) in [5.74, 6) is 0. The van der Waals surface area contributed by atoms with Gasteiger partial charge in [0.25, 0.3) is 0 Å². The number of amides is 2. The number of carbonyl (C=O) groups excluding carboxylic acids is 1. The molecule has 0 saturated carbocycles. The summed E-state index contributed by atoms with van der Waals surface area (Å²) in [6, 6.07) is 3.23. The lowest BCUT2D eigenvalue weighted by atomic mass is 10.7. The van der Waals surface area contributed by atoms with E-state index in [4.69, 9.17) is 4.79 Å². The van der Waals surface area contributed by atoms with Crippen LogP contribution >= 0.6 is 0 Å². The maximum Gasteiger partial charge on any atom is 0.309 e. The van der Waals surface area contributed by atoms with E-state index < -0.39 is 6.03 Å². The van der Waals surface area contributed by atoms with E-state index in [0.29, 0.717) is 0 Å². The average Bonchev–Trinajstić information content (AvgIpc) is 2.36. The van der Waals surface area contributed by atoms with Crippen LogP contribution in [0.5, 0.6) is 0 Å². The second-order valence-electron chi connectivity index (χ2n) is 1.92. The molecule has 4 heteroatoms. The summed E-state index contributed by atoms with van der Waals surface area (Å²) in [6.07, 6.45) is 4.11. The van der Waals surface area contributed by atoms with Crippen LogP contribution in [0.2, 0.25) is 0 Å². The number of rotatable bonds is 1. The highest BCUT2D eigenvalue weighted by Gasteiger charge is 1.75. The zero-order chi connectivity index (χ0) is 8.69. The molecule has 0 aliphatic heterocycles. The van der Waals surface area contributed by atoms with E-state index in [1.165, 1.54) is 0 Å². The SMILES string of the molecule is CCn1cccc1.NC(N)=O. The lowest BCUT2D eigenvalue weighted by Gasteiger charge is -1.89. The fourth-order valence-electron chi connectivity index (χ4n) is 0.581. The van der Waals surface area contributed by atoms with Crippen molar-refractivity contribution in [1.29, 1.82) is 0 Å². The maximum atomic E-state index is 9.00. The second-order valence-corrected chi connectivity index (χ2v) is 1.92. The summed E-state index contributed by atoms with van der Waals surface area (Å²) in [4.78, 5) is 9.00. The van der Waals surface area contributed by atoms with E-state index in [9.17, 15) is 0 Å². The molecule has 11 heavy (non-hydrogen) atoms. The molecule has 0 saturated heterocycles. The Balaban J connectivity index is 0.000000218. The van der Waals surface area contributed by atoms with Crippen LogP contribution in [0.15, 0.2) is 24.5 Å². The smallest absolute Gasteiger partial charge is 0.309 e. The van der Waals surface area contributed by atoms with Gasteiger partial charge in [-0.05, 0) is 19.1 Å². The van der Waals surface area contributed by atoms with Gasteiger partial charge in [-0.15, -0.1) is 0 Å². The predicted molar refractivity (Wildman–Crippen MR) is 43.9 cm³/mol. The molecule has 1 aromatic heterocycles. The van der Waals surface area contributed by atoms with Crippen molar-refractivity contribution in [2.45, 2.75) is 13.5 Å². The highest BCUT2D eigenvalue weighted by molar-refractivity contribution is 5.69. The van der Waals surface area contributed by atoms with Gasteiger partial charge in [0.2, 0.25) is 0 Å². The first-order valence-corrected chi connectivity index (χ1v) is 3.32. The Kier molecular flexibility index (Phi) is 4.64. The van der Waals surface area contributed by atoms with E-state index in [-0.39, 0.29) is 0 Å². The molecule has 0 aromatic carbocycles. The Bertz CT molecular complexity index is 189. The standard InChI is InChI=1S/C6H9N.CH4N2O/c1-2-7-5-3-4-6-7;2-1(3)4/h3-6H,2H2,1H3;(H4,2,3,4). The van der Waals surface area contributed by atoms with E-state index in [1.807, 2.05) is 12.1 Å². The van der Waals surface area contributed by atoms with Gasteiger partial charge >= 0.3 is 6.03 Å². The second kappa shape index (κ2) is 5.34. The van der Waals surface area contributed by atoms with Gasteiger partial charge in [-0.2, -0.15) is 0 Å². The molecule has 0 bridgehead atoms. The summed E-state index contributed by atoms with van der Waals surface area (Å²) in [5.41, 5.74) is 8.50. The zero-order valence-corrected chi connectivity index (χ0v) is 6.53. The molecule has 2 amide bonds. The Morgan fingerprint density at radius 1 is 1.36 bits per heavy atom. The summed E-state index contributed by atoms with van der Waals surface area (Å²) < 4.78 is 2.12. The molecule has 1 aromatic rings. The van der Waals surface area contributed by atoms with Crippen molar-refractivity contribution in [3.8, 4) is 0 Å². The first-order chi connectivity index (χ1) is 5.16. The molecule has 0 aliphatic carbocycles. The molecule has 0 fully saturated rings. The van der Waals surface area contributed by atoms with Crippen LogP contribution in [0, 0.1) is 0 Å². The van der Waals surface area contributed by atoms with Gasteiger partial charge in [0, 0.05) is 18.9 Å². The third kappa shape index (κ3) is 6.44. The third-order valence-electron chi connectivity index (χ3n) is 1.03.